The molecule has 1 heteroatoms. The highest BCUT2D eigenvalue weighted by Gasteiger charge is 2.52. The summed E-state index contributed by atoms with van der Waals surface area (Å²) in [5, 5.41) is 2.59. The first kappa shape index (κ1) is 40.1. The van der Waals surface area contributed by atoms with Crippen molar-refractivity contribution in [2.24, 2.45) is 0 Å². The fourth-order valence-corrected chi connectivity index (χ4v) is 15.1. The van der Waals surface area contributed by atoms with Crippen molar-refractivity contribution >= 4 is 20.8 Å². The van der Waals surface area contributed by atoms with Crippen LogP contribution in [0.15, 0.2) is 259 Å². The topological polar surface area (TPSA) is 0 Å². The van der Waals surface area contributed by atoms with Crippen LogP contribution in [-0.4, -0.2) is 12.5 Å². The third-order valence-corrected chi connectivity index (χ3v) is 18.6. The molecule has 0 unspecified atom stereocenters. The fraction of sp³-hybridized carbons (Fsp3) is 0.0588. The van der Waals surface area contributed by atoms with E-state index in [2.05, 4.69) is 261 Å². The Bertz CT molecular complexity index is 3710. The van der Waals surface area contributed by atoms with E-state index in [9.17, 15) is 0 Å². The van der Waals surface area contributed by atoms with Crippen molar-refractivity contribution in [1.82, 2.24) is 0 Å². The SMILES string of the molecule is CS1(C)c2cc(-c3cccc4c3-c3c(ccc5ccccc35)C43c4ccccc4-c4ccccc43)ccc2-c2ccc(C(c3ccc(-c4ccccc4)cc3)c3ccc(-c4ccccc4)cc3)cc21. The minimum atomic E-state index is -1.41. The molecule has 0 fully saturated rings. The molecule has 1 aliphatic heterocycles. The maximum absolute atomic E-state index is 2.56. The minimum absolute atomic E-state index is 0.0689. The van der Waals surface area contributed by atoms with Crippen molar-refractivity contribution < 1.29 is 0 Å². The molecule has 3 aliphatic rings. The number of hydrogen-bond acceptors (Lipinski definition) is 0. The summed E-state index contributed by atoms with van der Waals surface area (Å²) >= 11 is 0. The third kappa shape index (κ3) is 5.84. The van der Waals surface area contributed by atoms with Gasteiger partial charge in [0.1, 0.15) is 0 Å². The molecule has 0 radical (unpaired) electrons. The van der Waals surface area contributed by atoms with E-state index in [1.807, 2.05) is 0 Å². The normalized spacial score (nSPS) is 14.5. The average Bonchev–Trinajstić information content (AvgIpc) is 3.98. The second-order valence-electron chi connectivity index (χ2n) is 19.5. The first-order chi connectivity index (χ1) is 34.0. The molecule has 11 aromatic rings. The van der Waals surface area contributed by atoms with E-state index in [4.69, 9.17) is 0 Å². The second kappa shape index (κ2) is 15.3. The van der Waals surface area contributed by atoms with Crippen LogP contribution in [0.2, 0.25) is 0 Å². The first-order valence-corrected chi connectivity index (χ1v) is 26.6. The molecule has 69 heavy (non-hydrogen) atoms. The van der Waals surface area contributed by atoms with Gasteiger partial charge >= 0.3 is 0 Å². The summed E-state index contributed by atoms with van der Waals surface area (Å²) in [4.78, 5) is 2.93. The first-order valence-electron chi connectivity index (χ1n) is 24.2. The van der Waals surface area contributed by atoms with Crippen LogP contribution in [0.25, 0.3) is 77.5 Å². The van der Waals surface area contributed by atoms with E-state index in [1.54, 1.807) is 0 Å². The van der Waals surface area contributed by atoms with Crippen molar-refractivity contribution in [2.75, 3.05) is 12.5 Å². The maximum Gasteiger partial charge on any atom is 0.0725 e. The predicted molar refractivity (Wildman–Crippen MR) is 292 cm³/mol. The van der Waals surface area contributed by atoms with Crippen LogP contribution in [0.5, 0.6) is 0 Å². The molecule has 14 rings (SSSR count). The van der Waals surface area contributed by atoms with E-state index >= 15 is 0 Å². The molecular weight excluding hydrogens is 849 g/mol. The maximum atomic E-state index is 2.56. The largest absolute Gasteiger partial charge is 0.192 e. The van der Waals surface area contributed by atoms with Gasteiger partial charge in [0.05, 0.1) is 5.41 Å². The van der Waals surface area contributed by atoms with E-state index in [0.29, 0.717) is 0 Å². The molecule has 326 valence electrons. The number of hydrogen-bond donors (Lipinski definition) is 0. The number of benzene rings is 11. The van der Waals surface area contributed by atoms with E-state index < -0.39 is 15.4 Å². The van der Waals surface area contributed by atoms with Crippen molar-refractivity contribution in [3.05, 3.63) is 288 Å². The molecule has 0 bridgehead atoms. The Kier molecular flexibility index (Phi) is 8.88. The van der Waals surface area contributed by atoms with Gasteiger partial charge in [-0.05, 0) is 141 Å². The van der Waals surface area contributed by atoms with Gasteiger partial charge in [0.15, 0.2) is 0 Å². The summed E-state index contributed by atoms with van der Waals surface area (Å²) in [6.07, 6.45) is 5.03. The van der Waals surface area contributed by atoms with Gasteiger partial charge in [-0.2, -0.15) is 10.0 Å². The zero-order valence-electron chi connectivity index (χ0n) is 38.7. The van der Waals surface area contributed by atoms with Gasteiger partial charge in [-0.25, -0.2) is 0 Å². The van der Waals surface area contributed by atoms with Crippen LogP contribution in [0.3, 0.4) is 0 Å². The minimum Gasteiger partial charge on any atom is -0.192 e. The van der Waals surface area contributed by atoms with E-state index in [0.717, 1.165) is 0 Å². The summed E-state index contributed by atoms with van der Waals surface area (Å²) in [6.45, 7) is 0. The van der Waals surface area contributed by atoms with Gasteiger partial charge in [0, 0.05) is 15.7 Å². The highest BCUT2D eigenvalue weighted by atomic mass is 32.3. The van der Waals surface area contributed by atoms with E-state index in [1.165, 1.54) is 126 Å². The summed E-state index contributed by atoms with van der Waals surface area (Å²) < 4.78 is 0. The Morgan fingerprint density at radius 3 is 1.41 bits per heavy atom. The zero-order chi connectivity index (χ0) is 45.8. The van der Waals surface area contributed by atoms with Crippen molar-refractivity contribution in [3.63, 3.8) is 0 Å². The lowest BCUT2D eigenvalue weighted by Crippen LogP contribution is -2.25. The Morgan fingerprint density at radius 1 is 0.304 bits per heavy atom. The van der Waals surface area contributed by atoms with Crippen LogP contribution in [-0.2, 0) is 5.41 Å². The monoisotopic (exact) mass is 896 g/mol. The average molecular weight is 897 g/mol. The van der Waals surface area contributed by atoms with Gasteiger partial charge in [-0.1, -0.05) is 237 Å². The molecule has 0 aromatic heterocycles. The Hall–Kier alpha value is -7.97. The van der Waals surface area contributed by atoms with Gasteiger partial charge in [0.25, 0.3) is 0 Å². The van der Waals surface area contributed by atoms with Crippen molar-refractivity contribution in [3.8, 4) is 66.8 Å². The summed E-state index contributed by atoms with van der Waals surface area (Å²) in [7, 11) is -1.41. The second-order valence-corrected chi connectivity index (χ2v) is 23.0. The molecule has 0 amide bonds. The summed E-state index contributed by atoms with van der Waals surface area (Å²) in [5.74, 6) is 0.0689. The molecule has 11 aromatic carbocycles. The Balaban J connectivity index is 0.908. The van der Waals surface area contributed by atoms with Gasteiger partial charge in [0.2, 0.25) is 0 Å². The molecule has 0 saturated heterocycles. The van der Waals surface area contributed by atoms with Gasteiger partial charge in [-0.3, -0.25) is 0 Å². The highest BCUT2D eigenvalue weighted by Crippen LogP contribution is 2.69. The van der Waals surface area contributed by atoms with Crippen LogP contribution >= 0.6 is 10.0 Å². The zero-order valence-corrected chi connectivity index (χ0v) is 39.5. The molecule has 0 atom stereocenters. The van der Waals surface area contributed by atoms with Crippen LogP contribution in [0, 0.1) is 0 Å². The number of fused-ring (bicyclic) bond motifs is 15. The van der Waals surface area contributed by atoms with Crippen LogP contribution in [0.1, 0.15) is 44.9 Å². The van der Waals surface area contributed by atoms with Crippen molar-refractivity contribution in [2.45, 2.75) is 21.1 Å². The summed E-state index contributed by atoms with van der Waals surface area (Å²) in [6, 6.07) is 94.0. The molecule has 0 nitrogen and oxygen atoms in total. The van der Waals surface area contributed by atoms with Crippen molar-refractivity contribution in [1.29, 1.82) is 0 Å². The lowest BCUT2D eigenvalue weighted by molar-refractivity contribution is 0.794. The molecule has 0 N–H and O–H groups in total. The van der Waals surface area contributed by atoms with E-state index in [-0.39, 0.29) is 5.92 Å². The lowest BCUT2D eigenvalue weighted by atomic mass is 9.70. The molecular formula is C68H48S. The standard InChI is InChI=1S/C68H48S/c1-69(2)63-42-51(54-24-15-27-61-67(54)66-53-21-10-9-20-48(53)38-41-62(66)68(61)59-25-13-11-22-55(59)56-23-12-14-26-60(56)68)36-39-57(63)58-40-37-52(43-64(58)69)65(49-32-28-46(29-33-49)44-16-5-3-6-17-44)50-34-30-47(31-35-50)45-18-7-4-8-19-45/h3-43,65H,1-2H3. The molecule has 1 spiro atoms. The van der Waals surface area contributed by atoms with Gasteiger partial charge in [-0.15, -0.1) is 0 Å². The summed E-state index contributed by atoms with van der Waals surface area (Å²) in [5.41, 5.74) is 24.7. The quantitative estimate of drug-likeness (QED) is 0.146. The fourth-order valence-electron chi connectivity index (χ4n) is 12.6. The smallest absolute Gasteiger partial charge is 0.0725 e. The van der Waals surface area contributed by atoms with Crippen LogP contribution in [0.4, 0.5) is 0 Å². The highest BCUT2D eigenvalue weighted by molar-refractivity contribution is 8.33. The predicted octanol–water partition coefficient (Wildman–Crippen LogP) is 17.8. The third-order valence-electron chi connectivity index (χ3n) is 15.7. The number of rotatable bonds is 6. The molecule has 1 heterocycles. The lowest BCUT2D eigenvalue weighted by Gasteiger charge is -2.31. The molecule has 2 aliphatic carbocycles. The van der Waals surface area contributed by atoms with Crippen LogP contribution < -0.4 is 0 Å². The Labute approximate surface area is 406 Å². The Morgan fingerprint density at radius 2 is 0.768 bits per heavy atom. The molecule has 0 saturated carbocycles. The van der Waals surface area contributed by atoms with Gasteiger partial charge < -0.3 is 0 Å².